The van der Waals surface area contributed by atoms with Gasteiger partial charge >= 0.3 is 0 Å². The smallest absolute Gasteiger partial charge is 0.124 e. The van der Waals surface area contributed by atoms with Gasteiger partial charge in [-0.3, -0.25) is 4.90 Å². The molecular formula is C22H26ClN3O. The molecule has 1 atom stereocenters. The van der Waals surface area contributed by atoms with Gasteiger partial charge in [-0.2, -0.15) is 0 Å². The molecule has 0 radical (unpaired) electrons. The van der Waals surface area contributed by atoms with Gasteiger partial charge in [-0.1, -0.05) is 29.8 Å². The predicted molar refractivity (Wildman–Crippen MR) is 110 cm³/mol. The first-order valence-electron chi connectivity index (χ1n) is 9.57. The largest absolute Gasteiger partial charge is 0.383 e. The van der Waals surface area contributed by atoms with Crippen LogP contribution < -0.4 is 0 Å². The lowest BCUT2D eigenvalue weighted by atomic mass is 10.2. The maximum Gasteiger partial charge on any atom is 0.124 e. The van der Waals surface area contributed by atoms with Crippen molar-refractivity contribution in [2.45, 2.75) is 38.9 Å². The summed E-state index contributed by atoms with van der Waals surface area (Å²) in [6, 6.07) is 15.1. The number of aromatic nitrogens is 2. The minimum absolute atomic E-state index is 0.487. The quantitative estimate of drug-likeness (QED) is 0.620. The number of hydrogen-bond acceptors (Lipinski definition) is 3. The van der Waals surface area contributed by atoms with Crippen LogP contribution in [0.4, 0.5) is 0 Å². The number of imidazole rings is 1. The Kier molecular flexibility index (Phi) is 5.48. The Hall–Kier alpha value is -1.88. The molecule has 1 saturated heterocycles. The number of fused-ring (bicyclic) bond motifs is 1. The summed E-state index contributed by atoms with van der Waals surface area (Å²) in [4.78, 5) is 7.51. The van der Waals surface area contributed by atoms with Gasteiger partial charge in [0.25, 0.3) is 0 Å². The minimum atomic E-state index is 0.487. The van der Waals surface area contributed by atoms with Crippen LogP contribution in [0.15, 0.2) is 42.5 Å². The molecule has 4 rings (SSSR count). The highest BCUT2D eigenvalue weighted by atomic mass is 35.5. The van der Waals surface area contributed by atoms with Gasteiger partial charge in [0.1, 0.15) is 5.82 Å². The molecule has 0 N–H and O–H groups in total. The van der Waals surface area contributed by atoms with Gasteiger partial charge in [-0.25, -0.2) is 4.98 Å². The van der Waals surface area contributed by atoms with Crippen LogP contribution in [0.25, 0.3) is 11.0 Å². The molecule has 3 aromatic rings. The van der Waals surface area contributed by atoms with Gasteiger partial charge in [-0.15, -0.1) is 0 Å². The van der Waals surface area contributed by atoms with E-state index in [0.29, 0.717) is 6.04 Å². The van der Waals surface area contributed by atoms with E-state index < -0.39 is 0 Å². The highest BCUT2D eigenvalue weighted by molar-refractivity contribution is 6.30. The zero-order chi connectivity index (χ0) is 18.8. The third-order valence-electron chi connectivity index (χ3n) is 5.44. The Morgan fingerprint density at radius 2 is 1.96 bits per heavy atom. The van der Waals surface area contributed by atoms with E-state index in [2.05, 4.69) is 46.7 Å². The number of rotatable bonds is 6. The van der Waals surface area contributed by atoms with Gasteiger partial charge in [0.15, 0.2) is 0 Å². The summed E-state index contributed by atoms with van der Waals surface area (Å²) < 4.78 is 7.77. The normalized spacial score (nSPS) is 17.8. The molecule has 0 spiro atoms. The molecule has 0 aliphatic carbocycles. The molecule has 5 heteroatoms. The fraction of sp³-hybridized carbons (Fsp3) is 0.409. The zero-order valence-electron chi connectivity index (χ0n) is 16.0. The zero-order valence-corrected chi connectivity index (χ0v) is 16.7. The first kappa shape index (κ1) is 18.5. The average molecular weight is 384 g/mol. The fourth-order valence-electron chi connectivity index (χ4n) is 4.03. The molecule has 2 heterocycles. The SMILES string of the molecule is COCC1CCCN1Cc1nc2cc(C)ccc2n1Cc1ccc(Cl)cc1. The van der Waals surface area contributed by atoms with Crippen LogP contribution in [0.3, 0.4) is 0 Å². The fourth-order valence-corrected chi connectivity index (χ4v) is 4.15. The number of benzene rings is 2. The lowest BCUT2D eigenvalue weighted by Crippen LogP contribution is -2.33. The summed E-state index contributed by atoms with van der Waals surface area (Å²) in [7, 11) is 1.79. The first-order chi connectivity index (χ1) is 13.1. The Balaban J connectivity index is 1.69. The maximum atomic E-state index is 6.06. The number of hydrogen-bond donors (Lipinski definition) is 0. The maximum absolute atomic E-state index is 6.06. The van der Waals surface area contributed by atoms with Crippen molar-refractivity contribution in [1.29, 1.82) is 0 Å². The van der Waals surface area contributed by atoms with E-state index in [1.165, 1.54) is 29.5 Å². The summed E-state index contributed by atoms with van der Waals surface area (Å²) >= 11 is 6.06. The second-order valence-electron chi connectivity index (χ2n) is 7.45. The Labute approximate surface area is 165 Å². The number of aryl methyl sites for hydroxylation is 1. The van der Waals surface area contributed by atoms with Crippen LogP contribution in [-0.4, -0.2) is 40.8 Å². The second kappa shape index (κ2) is 8.01. The third-order valence-corrected chi connectivity index (χ3v) is 5.69. The van der Waals surface area contributed by atoms with Crippen molar-refractivity contribution in [2.75, 3.05) is 20.3 Å². The molecule has 0 amide bonds. The third kappa shape index (κ3) is 4.03. The van der Waals surface area contributed by atoms with Crippen LogP contribution in [0, 0.1) is 6.92 Å². The molecule has 1 aliphatic heterocycles. The Bertz CT molecular complexity index is 919. The van der Waals surface area contributed by atoms with Gasteiger partial charge in [0, 0.05) is 24.7 Å². The van der Waals surface area contributed by atoms with E-state index in [-0.39, 0.29) is 0 Å². The van der Waals surface area contributed by atoms with E-state index in [1.807, 2.05) is 12.1 Å². The molecule has 1 aliphatic rings. The van der Waals surface area contributed by atoms with Crippen LogP contribution in [0.5, 0.6) is 0 Å². The lowest BCUT2D eigenvalue weighted by molar-refractivity contribution is 0.110. The van der Waals surface area contributed by atoms with Crippen molar-refractivity contribution < 1.29 is 4.74 Å². The standard InChI is InChI=1S/C22H26ClN3O/c1-16-5-10-21-20(12-16)24-22(14-25-11-3-4-19(25)15-27-2)26(21)13-17-6-8-18(23)9-7-17/h5-10,12,19H,3-4,11,13-15H2,1-2H3. The number of ether oxygens (including phenoxy) is 1. The van der Waals surface area contributed by atoms with Crippen LogP contribution >= 0.6 is 11.6 Å². The van der Waals surface area contributed by atoms with Crippen molar-refractivity contribution in [2.24, 2.45) is 0 Å². The first-order valence-corrected chi connectivity index (χ1v) is 9.95. The van der Waals surface area contributed by atoms with Crippen LogP contribution in [0.2, 0.25) is 5.02 Å². The van der Waals surface area contributed by atoms with Crippen LogP contribution in [0.1, 0.15) is 29.8 Å². The van der Waals surface area contributed by atoms with Gasteiger partial charge in [0.2, 0.25) is 0 Å². The van der Waals surface area contributed by atoms with E-state index >= 15 is 0 Å². The van der Waals surface area contributed by atoms with E-state index in [1.54, 1.807) is 7.11 Å². The van der Waals surface area contributed by atoms with Gasteiger partial charge < -0.3 is 9.30 Å². The van der Waals surface area contributed by atoms with Crippen molar-refractivity contribution in [3.05, 3.63) is 64.4 Å². The monoisotopic (exact) mass is 383 g/mol. The van der Waals surface area contributed by atoms with Crippen molar-refractivity contribution >= 4 is 22.6 Å². The van der Waals surface area contributed by atoms with Gasteiger partial charge in [-0.05, 0) is 61.7 Å². The molecule has 142 valence electrons. The highest BCUT2D eigenvalue weighted by Gasteiger charge is 2.26. The summed E-state index contributed by atoms with van der Waals surface area (Å²) in [5.41, 5.74) is 4.73. The molecular weight excluding hydrogens is 358 g/mol. The average Bonchev–Trinajstić information content (AvgIpc) is 3.22. The van der Waals surface area contributed by atoms with E-state index in [9.17, 15) is 0 Å². The van der Waals surface area contributed by atoms with E-state index in [0.717, 1.165) is 42.6 Å². The molecule has 1 aromatic heterocycles. The highest BCUT2D eigenvalue weighted by Crippen LogP contribution is 2.24. The molecule has 0 bridgehead atoms. The minimum Gasteiger partial charge on any atom is -0.383 e. The number of likely N-dealkylation sites (tertiary alicyclic amines) is 1. The number of methoxy groups -OCH3 is 1. The molecule has 27 heavy (non-hydrogen) atoms. The molecule has 2 aromatic carbocycles. The van der Waals surface area contributed by atoms with Crippen molar-refractivity contribution in [1.82, 2.24) is 14.5 Å². The Morgan fingerprint density at radius 3 is 2.74 bits per heavy atom. The second-order valence-corrected chi connectivity index (χ2v) is 7.89. The predicted octanol–water partition coefficient (Wildman–Crippen LogP) is 4.66. The number of halogens is 1. The lowest BCUT2D eigenvalue weighted by Gasteiger charge is -2.23. The molecule has 4 nitrogen and oxygen atoms in total. The molecule has 0 saturated carbocycles. The topological polar surface area (TPSA) is 30.3 Å². The van der Waals surface area contributed by atoms with Crippen molar-refractivity contribution in [3.8, 4) is 0 Å². The van der Waals surface area contributed by atoms with E-state index in [4.69, 9.17) is 21.3 Å². The summed E-state index contributed by atoms with van der Waals surface area (Å²) in [6.07, 6.45) is 2.43. The summed E-state index contributed by atoms with van der Waals surface area (Å²) in [5.74, 6) is 1.12. The molecule has 1 fully saturated rings. The Morgan fingerprint density at radius 1 is 1.15 bits per heavy atom. The van der Waals surface area contributed by atoms with Crippen LogP contribution in [-0.2, 0) is 17.8 Å². The number of nitrogens with zero attached hydrogens (tertiary/aromatic N) is 3. The summed E-state index contributed by atoms with van der Waals surface area (Å²) in [5, 5.41) is 0.768. The van der Waals surface area contributed by atoms with Crippen molar-refractivity contribution in [3.63, 3.8) is 0 Å². The summed E-state index contributed by atoms with van der Waals surface area (Å²) in [6.45, 7) is 5.67. The molecule has 1 unspecified atom stereocenters. The van der Waals surface area contributed by atoms with Gasteiger partial charge in [0.05, 0.1) is 24.2 Å².